The molecule has 0 aromatic carbocycles. The van der Waals surface area contributed by atoms with Crippen molar-refractivity contribution in [3.63, 3.8) is 0 Å². The third-order valence-corrected chi connectivity index (χ3v) is 4.33. The second-order valence-corrected chi connectivity index (χ2v) is 6.99. The zero-order chi connectivity index (χ0) is 20.7. The lowest BCUT2D eigenvalue weighted by molar-refractivity contribution is -0.150. The quantitative estimate of drug-likeness (QED) is 0.160. The van der Waals surface area contributed by atoms with Crippen molar-refractivity contribution in [2.75, 3.05) is 19.8 Å². The molecule has 0 saturated heterocycles. The van der Waals surface area contributed by atoms with Crippen LogP contribution in [0.3, 0.4) is 0 Å². The van der Waals surface area contributed by atoms with Crippen LogP contribution in [0, 0.1) is 0 Å². The highest BCUT2D eigenvalue weighted by Crippen LogP contribution is 2.20. The van der Waals surface area contributed by atoms with Crippen LogP contribution >= 0.6 is 17.1 Å². The van der Waals surface area contributed by atoms with Gasteiger partial charge in [-0.3, -0.25) is 9.09 Å². The first-order valence-corrected chi connectivity index (χ1v) is 10.0. The van der Waals surface area contributed by atoms with Crippen LogP contribution in [-0.4, -0.2) is 43.7 Å². The maximum atomic E-state index is 11.5. The highest BCUT2D eigenvalue weighted by atomic mass is 31.1. The van der Waals surface area contributed by atoms with Crippen LogP contribution in [0.15, 0.2) is 24.3 Å². The first-order chi connectivity index (χ1) is 12.8. The molecule has 0 amide bonds. The summed E-state index contributed by atoms with van der Waals surface area (Å²) in [5, 5.41) is 0. The summed E-state index contributed by atoms with van der Waals surface area (Å²) in [5.41, 5.74) is 0.527. The van der Waals surface area contributed by atoms with E-state index in [4.69, 9.17) is 18.7 Å². The molecule has 0 aromatic heterocycles. The topological polar surface area (TPSA) is 105 Å². The van der Waals surface area contributed by atoms with E-state index in [0.717, 1.165) is 12.8 Å². The minimum atomic E-state index is -0.605. The molecule has 0 fully saturated rings. The molecule has 0 spiro atoms. The fourth-order valence-corrected chi connectivity index (χ4v) is 2.51. The zero-order valence-corrected chi connectivity index (χ0v) is 17.5. The van der Waals surface area contributed by atoms with Crippen molar-refractivity contribution in [3.05, 3.63) is 24.3 Å². The van der Waals surface area contributed by atoms with Crippen LogP contribution in [-0.2, 0) is 37.5 Å². The smallest absolute Gasteiger partial charge is 0.333 e. The molecule has 1 atom stereocenters. The summed E-state index contributed by atoms with van der Waals surface area (Å²) in [5.74, 6) is -1.67. The van der Waals surface area contributed by atoms with Crippen LogP contribution in [0.25, 0.3) is 0 Å². The molecule has 0 aliphatic heterocycles. The van der Waals surface area contributed by atoms with Crippen molar-refractivity contribution in [1.82, 2.24) is 0 Å². The van der Waals surface area contributed by atoms with Gasteiger partial charge in [-0.15, -0.1) is 0 Å². The summed E-state index contributed by atoms with van der Waals surface area (Å²) in [6.07, 6.45) is 2.09. The standard InChI is InChI=1S/C17H26O8P2/c1-12(2)16(18)23-10-14(11-24-17(19)13(3)4)22-9-7-5-6-8-15(26-20)25-27-21/h14-15H,1,3,5-11H2,2,4H3. The predicted octanol–water partition coefficient (Wildman–Crippen LogP) is 4.01. The number of rotatable bonds is 16. The molecule has 0 rings (SSSR count). The molecular formula is C17H26O8P2. The Labute approximate surface area is 162 Å². The lowest BCUT2D eigenvalue weighted by Gasteiger charge is -2.18. The Morgan fingerprint density at radius 3 is 1.93 bits per heavy atom. The molecule has 0 N–H and O–H groups in total. The Kier molecular flexibility index (Phi) is 14.7. The van der Waals surface area contributed by atoms with Gasteiger partial charge in [0.25, 0.3) is 0 Å². The Morgan fingerprint density at radius 1 is 0.926 bits per heavy atom. The number of esters is 2. The van der Waals surface area contributed by atoms with E-state index in [-0.39, 0.29) is 32.8 Å². The van der Waals surface area contributed by atoms with Gasteiger partial charge in [0.05, 0.1) is 0 Å². The summed E-state index contributed by atoms with van der Waals surface area (Å²) >= 11 is 0. The maximum absolute atomic E-state index is 11.5. The molecule has 8 nitrogen and oxygen atoms in total. The average Bonchev–Trinajstić information content (AvgIpc) is 2.63. The molecule has 0 aliphatic rings. The zero-order valence-electron chi connectivity index (χ0n) is 15.7. The molecule has 0 bridgehead atoms. The molecule has 10 heteroatoms. The second kappa shape index (κ2) is 15.6. The molecule has 152 valence electrons. The van der Waals surface area contributed by atoms with Gasteiger partial charge in [0.1, 0.15) is 19.3 Å². The van der Waals surface area contributed by atoms with Gasteiger partial charge >= 0.3 is 20.6 Å². The van der Waals surface area contributed by atoms with Gasteiger partial charge in [0, 0.05) is 17.8 Å². The third kappa shape index (κ3) is 13.4. The van der Waals surface area contributed by atoms with Gasteiger partial charge in [0.2, 0.25) is 0 Å². The molecule has 0 heterocycles. The molecule has 0 radical (unpaired) electrons. The van der Waals surface area contributed by atoms with Crippen molar-refractivity contribution >= 4 is 29.1 Å². The van der Waals surface area contributed by atoms with E-state index < -0.39 is 32.6 Å². The van der Waals surface area contributed by atoms with E-state index in [2.05, 4.69) is 13.2 Å². The van der Waals surface area contributed by atoms with E-state index in [1.54, 1.807) is 0 Å². The highest BCUT2D eigenvalue weighted by molar-refractivity contribution is 7.26. The van der Waals surface area contributed by atoms with Crippen molar-refractivity contribution in [1.29, 1.82) is 0 Å². The van der Waals surface area contributed by atoms with Crippen molar-refractivity contribution < 1.29 is 37.5 Å². The van der Waals surface area contributed by atoms with Crippen LogP contribution in [0.2, 0.25) is 0 Å². The summed E-state index contributed by atoms with van der Waals surface area (Å²) in [4.78, 5) is 23.0. The first kappa shape index (κ1) is 25.5. The van der Waals surface area contributed by atoms with Gasteiger partial charge < -0.3 is 14.2 Å². The second-order valence-electron chi connectivity index (χ2n) is 5.84. The number of carbonyl (C=O) groups excluding carboxylic acids is 2. The van der Waals surface area contributed by atoms with Crippen LogP contribution in [0.5, 0.6) is 0 Å². The van der Waals surface area contributed by atoms with Gasteiger partial charge in [-0.25, -0.2) is 14.2 Å². The normalized spacial score (nSPS) is 12.1. The summed E-state index contributed by atoms with van der Waals surface area (Å²) in [6.45, 7) is 10.3. The Morgan fingerprint density at radius 2 is 1.48 bits per heavy atom. The minimum Gasteiger partial charge on any atom is -0.459 e. The summed E-state index contributed by atoms with van der Waals surface area (Å²) in [7, 11) is -0.693. The maximum Gasteiger partial charge on any atom is 0.333 e. The van der Waals surface area contributed by atoms with Crippen LogP contribution in [0.4, 0.5) is 0 Å². The van der Waals surface area contributed by atoms with E-state index in [0.29, 0.717) is 19.4 Å². The molecular weight excluding hydrogens is 394 g/mol. The monoisotopic (exact) mass is 420 g/mol. The third-order valence-electron chi connectivity index (χ3n) is 3.23. The minimum absolute atomic E-state index is 0.0668. The average molecular weight is 420 g/mol. The van der Waals surface area contributed by atoms with Crippen molar-refractivity contribution in [2.24, 2.45) is 0 Å². The van der Waals surface area contributed by atoms with E-state index in [1.807, 2.05) is 0 Å². The number of unbranched alkanes of at least 4 members (excludes halogenated alkanes) is 2. The molecule has 0 aromatic rings. The Hall–Kier alpha value is -1.46. The highest BCUT2D eigenvalue weighted by Gasteiger charge is 2.16. The van der Waals surface area contributed by atoms with E-state index in [9.17, 15) is 18.7 Å². The fourth-order valence-electron chi connectivity index (χ4n) is 1.75. The predicted molar refractivity (Wildman–Crippen MR) is 99.8 cm³/mol. The van der Waals surface area contributed by atoms with Gasteiger partial charge in [-0.05, 0) is 33.1 Å². The van der Waals surface area contributed by atoms with E-state index in [1.165, 1.54) is 13.8 Å². The number of hydrogen-bond acceptors (Lipinski definition) is 8. The SMILES string of the molecule is C=C(C)C(=O)OCC(COC(=O)C(=C)C)OCCCCCC(OP=O)P=O. The van der Waals surface area contributed by atoms with Crippen molar-refractivity contribution in [3.8, 4) is 0 Å². The largest absolute Gasteiger partial charge is 0.459 e. The van der Waals surface area contributed by atoms with E-state index >= 15 is 0 Å². The fraction of sp³-hybridized carbons (Fsp3) is 0.647. The Bertz CT molecular complexity index is 505. The number of ether oxygens (including phenoxy) is 3. The summed E-state index contributed by atoms with van der Waals surface area (Å²) < 4.78 is 41.5. The lowest BCUT2D eigenvalue weighted by Crippen LogP contribution is -2.29. The molecule has 0 aliphatic carbocycles. The number of carbonyl (C=O) groups is 2. The molecule has 1 unspecified atom stereocenters. The van der Waals surface area contributed by atoms with Crippen LogP contribution in [0.1, 0.15) is 39.5 Å². The van der Waals surface area contributed by atoms with Gasteiger partial charge in [-0.2, -0.15) is 0 Å². The molecule has 27 heavy (non-hydrogen) atoms. The van der Waals surface area contributed by atoms with Crippen LogP contribution < -0.4 is 0 Å². The molecule has 0 saturated carbocycles. The Balaban J connectivity index is 4.24. The summed E-state index contributed by atoms with van der Waals surface area (Å²) in [6, 6.07) is 0. The first-order valence-electron chi connectivity index (χ1n) is 8.39. The van der Waals surface area contributed by atoms with Crippen molar-refractivity contribution in [2.45, 2.75) is 51.5 Å². The van der Waals surface area contributed by atoms with Gasteiger partial charge in [-0.1, -0.05) is 19.6 Å². The lowest BCUT2D eigenvalue weighted by atomic mass is 10.2. The number of hydrogen-bond donors (Lipinski definition) is 0. The van der Waals surface area contributed by atoms with Gasteiger partial charge in [0.15, 0.2) is 14.3 Å².